The van der Waals surface area contributed by atoms with Gasteiger partial charge in [-0.1, -0.05) is 31.9 Å². The van der Waals surface area contributed by atoms with Crippen molar-refractivity contribution in [1.82, 2.24) is 0 Å². The average Bonchev–Trinajstić information content (AvgIpc) is 2.26. The Morgan fingerprint density at radius 3 is 2.29 bits per heavy atom. The van der Waals surface area contributed by atoms with Crippen LogP contribution in [0.2, 0.25) is 0 Å². The maximum atomic E-state index is 5.53. The first-order valence-corrected chi connectivity index (χ1v) is 6.27. The smallest absolute Gasteiger partial charge is 0.119 e. The molecule has 0 unspecified atom stereocenters. The number of halogens is 2. The maximum absolute atomic E-state index is 5.53. The molecule has 0 saturated carbocycles. The van der Waals surface area contributed by atoms with Crippen molar-refractivity contribution in [3.63, 3.8) is 0 Å². The molecular weight excluding hydrogens is 312 g/mol. The number of rotatable bonds is 5. The van der Waals surface area contributed by atoms with Crippen LogP contribution in [0.3, 0.4) is 0 Å². The van der Waals surface area contributed by atoms with Crippen LogP contribution in [0.5, 0.6) is 11.5 Å². The van der Waals surface area contributed by atoms with Crippen molar-refractivity contribution in [2.24, 2.45) is 0 Å². The van der Waals surface area contributed by atoms with Gasteiger partial charge in [0.25, 0.3) is 0 Å². The standard InChI is InChI=1S/C10H12Br2O2/c1-13-9-2-4-10(5-3-9)14-7-8(12)6-11/h2-5,8H,6-7H2,1H3/t8-/m1/s1. The van der Waals surface area contributed by atoms with Crippen molar-refractivity contribution in [2.75, 3.05) is 19.0 Å². The Bertz CT molecular complexity index is 261. The molecule has 0 bridgehead atoms. The highest BCUT2D eigenvalue weighted by Crippen LogP contribution is 2.17. The zero-order valence-electron chi connectivity index (χ0n) is 7.87. The first kappa shape index (κ1) is 11.9. The van der Waals surface area contributed by atoms with Crippen LogP contribution in [-0.4, -0.2) is 23.9 Å². The first-order valence-electron chi connectivity index (χ1n) is 4.23. The van der Waals surface area contributed by atoms with Crippen molar-refractivity contribution >= 4 is 31.9 Å². The normalized spacial score (nSPS) is 12.2. The number of alkyl halides is 2. The minimum Gasteiger partial charge on any atom is -0.497 e. The molecule has 0 saturated heterocycles. The Kier molecular flexibility index (Phi) is 5.33. The molecule has 14 heavy (non-hydrogen) atoms. The third-order valence-corrected chi connectivity index (χ3v) is 3.90. The van der Waals surface area contributed by atoms with Gasteiger partial charge >= 0.3 is 0 Å². The molecular formula is C10H12Br2O2. The largest absolute Gasteiger partial charge is 0.497 e. The average molecular weight is 324 g/mol. The summed E-state index contributed by atoms with van der Waals surface area (Å²) in [5.74, 6) is 1.70. The zero-order valence-corrected chi connectivity index (χ0v) is 11.0. The zero-order chi connectivity index (χ0) is 10.4. The summed E-state index contributed by atoms with van der Waals surface area (Å²) < 4.78 is 10.6. The van der Waals surface area contributed by atoms with Crippen LogP contribution in [0.1, 0.15) is 0 Å². The fourth-order valence-electron chi connectivity index (χ4n) is 0.903. The number of ether oxygens (including phenoxy) is 2. The number of hydrogen-bond donors (Lipinski definition) is 0. The monoisotopic (exact) mass is 322 g/mol. The highest BCUT2D eigenvalue weighted by atomic mass is 79.9. The fraction of sp³-hybridized carbons (Fsp3) is 0.400. The molecule has 0 aliphatic carbocycles. The molecule has 0 aliphatic heterocycles. The summed E-state index contributed by atoms with van der Waals surface area (Å²) in [7, 11) is 1.65. The van der Waals surface area contributed by atoms with Gasteiger partial charge in [0.05, 0.1) is 11.9 Å². The van der Waals surface area contributed by atoms with Gasteiger partial charge in [-0.25, -0.2) is 0 Å². The number of methoxy groups -OCH3 is 1. The summed E-state index contributed by atoms with van der Waals surface area (Å²) >= 11 is 6.83. The van der Waals surface area contributed by atoms with E-state index in [-0.39, 0.29) is 0 Å². The van der Waals surface area contributed by atoms with E-state index in [2.05, 4.69) is 31.9 Å². The molecule has 1 aromatic rings. The van der Waals surface area contributed by atoms with Crippen LogP contribution in [0.4, 0.5) is 0 Å². The Hall–Kier alpha value is -0.220. The van der Waals surface area contributed by atoms with Crippen molar-refractivity contribution in [1.29, 1.82) is 0 Å². The van der Waals surface area contributed by atoms with E-state index >= 15 is 0 Å². The summed E-state index contributed by atoms with van der Waals surface area (Å²) in [5.41, 5.74) is 0. The van der Waals surface area contributed by atoms with Crippen molar-refractivity contribution in [3.8, 4) is 11.5 Å². The van der Waals surface area contributed by atoms with E-state index in [4.69, 9.17) is 9.47 Å². The van der Waals surface area contributed by atoms with Crippen molar-refractivity contribution in [2.45, 2.75) is 4.83 Å². The summed E-state index contributed by atoms with van der Waals surface area (Å²) in [4.78, 5) is 0.338. The van der Waals surface area contributed by atoms with E-state index in [0.717, 1.165) is 16.8 Å². The summed E-state index contributed by atoms with van der Waals surface area (Å²) in [6.07, 6.45) is 0. The fourth-order valence-corrected chi connectivity index (χ4v) is 1.22. The van der Waals surface area contributed by atoms with Crippen LogP contribution in [0.25, 0.3) is 0 Å². The van der Waals surface area contributed by atoms with Gasteiger partial charge in [-0.2, -0.15) is 0 Å². The summed E-state index contributed by atoms with van der Waals surface area (Å²) in [6.45, 7) is 0.650. The molecule has 0 spiro atoms. The highest BCUT2D eigenvalue weighted by Gasteiger charge is 2.02. The predicted octanol–water partition coefficient (Wildman–Crippen LogP) is 3.23. The van der Waals surface area contributed by atoms with Gasteiger partial charge in [-0.3, -0.25) is 0 Å². The Morgan fingerprint density at radius 1 is 1.21 bits per heavy atom. The van der Waals surface area contributed by atoms with Crippen molar-refractivity contribution < 1.29 is 9.47 Å². The Labute approximate surface area is 101 Å². The van der Waals surface area contributed by atoms with Gasteiger partial charge in [0.15, 0.2) is 0 Å². The lowest BCUT2D eigenvalue weighted by atomic mass is 10.3. The molecule has 0 fully saturated rings. The SMILES string of the molecule is COc1ccc(OC[C@H](Br)CBr)cc1. The second-order valence-electron chi connectivity index (χ2n) is 2.74. The van der Waals surface area contributed by atoms with Gasteiger partial charge in [-0.05, 0) is 24.3 Å². The molecule has 0 aromatic heterocycles. The van der Waals surface area contributed by atoms with Gasteiger partial charge in [0.2, 0.25) is 0 Å². The molecule has 1 rings (SSSR count). The van der Waals surface area contributed by atoms with Crippen LogP contribution in [-0.2, 0) is 0 Å². The van der Waals surface area contributed by atoms with E-state index in [1.54, 1.807) is 7.11 Å². The van der Waals surface area contributed by atoms with Gasteiger partial charge in [-0.15, -0.1) is 0 Å². The van der Waals surface area contributed by atoms with E-state index in [9.17, 15) is 0 Å². The molecule has 2 nitrogen and oxygen atoms in total. The van der Waals surface area contributed by atoms with E-state index < -0.39 is 0 Å². The minimum atomic E-state index is 0.338. The molecule has 1 atom stereocenters. The number of hydrogen-bond acceptors (Lipinski definition) is 2. The predicted molar refractivity (Wildman–Crippen MR) is 65.0 cm³/mol. The quantitative estimate of drug-likeness (QED) is 0.774. The molecule has 0 aliphatic rings. The van der Waals surface area contributed by atoms with Crippen LogP contribution >= 0.6 is 31.9 Å². The number of benzene rings is 1. The second kappa shape index (κ2) is 6.30. The van der Waals surface area contributed by atoms with E-state index in [1.807, 2.05) is 24.3 Å². The molecule has 0 heterocycles. The Balaban J connectivity index is 2.43. The van der Waals surface area contributed by atoms with Crippen LogP contribution in [0.15, 0.2) is 24.3 Å². The lowest BCUT2D eigenvalue weighted by molar-refractivity contribution is 0.324. The molecule has 1 aromatic carbocycles. The molecule has 78 valence electrons. The molecule has 0 N–H and O–H groups in total. The van der Waals surface area contributed by atoms with Gasteiger partial charge < -0.3 is 9.47 Å². The first-order chi connectivity index (χ1) is 6.76. The lowest BCUT2D eigenvalue weighted by Gasteiger charge is -2.09. The van der Waals surface area contributed by atoms with E-state index in [0.29, 0.717) is 11.4 Å². The van der Waals surface area contributed by atoms with Crippen LogP contribution < -0.4 is 9.47 Å². The van der Waals surface area contributed by atoms with Crippen LogP contribution in [0, 0.1) is 0 Å². The van der Waals surface area contributed by atoms with Gasteiger partial charge in [0.1, 0.15) is 18.1 Å². The lowest BCUT2D eigenvalue weighted by Crippen LogP contribution is -2.12. The summed E-state index contributed by atoms with van der Waals surface area (Å²) in [5, 5.41) is 0.878. The van der Waals surface area contributed by atoms with E-state index in [1.165, 1.54) is 0 Å². The maximum Gasteiger partial charge on any atom is 0.119 e. The third-order valence-electron chi connectivity index (χ3n) is 1.66. The second-order valence-corrected chi connectivity index (χ2v) is 4.68. The summed E-state index contributed by atoms with van der Waals surface area (Å²) in [6, 6.07) is 7.55. The van der Waals surface area contributed by atoms with Gasteiger partial charge in [0, 0.05) is 5.33 Å². The van der Waals surface area contributed by atoms with Crippen molar-refractivity contribution in [3.05, 3.63) is 24.3 Å². The Morgan fingerprint density at radius 2 is 1.79 bits per heavy atom. The minimum absolute atomic E-state index is 0.338. The molecule has 4 heteroatoms. The molecule has 0 radical (unpaired) electrons. The topological polar surface area (TPSA) is 18.5 Å². The molecule has 0 amide bonds. The highest BCUT2D eigenvalue weighted by molar-refractivity contribution is 9.12. The third kappa shape index (κ3) is 3.88.